The van der Waals surface area contributed by atoms with Crippen LogP contribution in [0.15, 0.2) is 53.5 Å². The summed E-state index contributed by atoms with van der Waals surface area (Å²) in [5, 5.41) is 2.78. The van der Waals surface area contributed by atoms with Gasteiger partial charge in [0.05, 0.1) is 12.6 Å². The highest BCUT2D eigenvalue weighted by molar-refractivity contribution is 5.98. The third-order valence-corrected chi connectivity index (χ3v) is 5.19. The summed E-state index contributed by atoms with van der Waals surface area (Å²) < 4.78 is 18.7. The third-order valence-electron chi connectivity index (χ3n) is 5.19. The molecular formula is C26H35FN4O3. The molecule has 34 heavy (non-hydrogen) atoms. The van der Waals surface area contributed by atoms with Crippen LogP contribution in [0.3, 0.4) is 0 Å². The molecule has 0 aromatic heterocycles. The van der Waals surface area contributed by atoms with Gasteiger partial charge in [-0.3, -0.25) is 14.5 Å². The maximum Gasteiger partial charge on any atom is 0.251 e. The van der Waals surface area contributed by atoms with Crippen molar-refractivity contribution in [3.05, 3.63) is 71.0 Å². The number of carbonyl (C=O) groups is 2. The van der Waals surface area contributed by atoms with E-state index in [9.17, 15) is 14.0 Å². The SMILES string of the molecule is CC(C)CC1CC(=O)N(Cc2cc(F)cc(C(=O)NCc3ccccc3)c2)C(N)=N1.CCOC. The molecule has 7 nitrogen and oxygen atoms in total. The number of ether oxygens (including phenoxy) is 1. The zero-order valence-electron chi connectivity index (χ0n) is 20.4. The van der Waals surface area contributed by atoms with Gasteiger partial charge in [0, 0.05) is 32.2 Å². The van der Waals surface area contributed by atoms with E-state index < -0.39 is 5.82 Å². The Morgan fingerprint density at radius 2 is 1.91 bits per heavy atom. The summed E-state index contributed by atoms with van der Waals surface area (Å²) >= 11 is 0. The summed E-state index contributed by atoms with van der Waals surface area (Å²) in [5.41, 5.74) is 7.63. The predicted octanol–water partition coefficient (Wildman–Crippen LogP) is 3.87. The van der Waals surface area contributed by atoms with Crippen molar-refractivity contribution in [2.24, 2.45) is 16.6 Å². The summed E-state index contributed by atoms with van der Waals surface area (Å²) in [7, 11) is 1.68. The first-order valence-corrected chi connectivity index (χ1v) is 11.5. The van der Waals surface area contributed by atoms with Crippen LogP contribution in [-0.4, -0.2) is 42.4 Å². The quantitative estimate of drug-likeness (QED) is 0.612. The normalized spacial score (nSPS) is 15.5. The molecule has 2 amide bonds. The molecule has 0 saturated heterocycles. The lowest BCUT2D eigenvalue weighted by atomic mass is 10.00. The lowest BCUT2D eigenvalue weighted by Gasteiger charge is -2.29. The zero-order chi connectivity index (χ0) is 25.1. The Labute approximate surface area is 201 Å². The number of nitrogens with zero attached hydrogens (tertiary/aromatic N) is 2. The smallest absolute Gasteiger partial charge is 0.251 e. The van der Waals surface area contributed by atoms with E-state index in [4.69, 9.17) is 5.73 Å². The van der Waals surface area contributed by atoms with Crippen LogP contribution in [0.1, 0.15) is 55.1 Å². The average Bonchev–Trinajstić information content (AvgIpc) is 2.80. The number of hydrogen-bond acceptors (Lipinski definition) is 5. The number of carbonyl (C=O) groups excluding carboxylic acids is 2. The summed E-state index contributed by atoms with van der Waals surface area (Å²) in [4.78, 5) is 30.8. The number of halogens is 1. The number of hydrogen-bond donors (Lipinski definition) is 2. The number of aliphatic imine (C=N–C) groups is 1. The fourth-order valence-corrected chi connectivity index (χ4v) is 3.53. The van der Waals surface area contributed by atoms with Crippen molar-refractivity contribution in [3.8, 4) is 0 Å². The molecule has 3 N–H and O–H groups in total. The lowest BCUT2D eigenvalue weighted by molar-refractivity contribution is -0.129. The van der Waals surface area contributed by atoms with Crippen molar-refractivity contribution in [3.63, 3.8) is 0 Å². The number of benzene rings is 2. The van der Waals surface area contributed by atoms with E-state index in [1.165, 1.54) is 17.0 Å². The predicted molar refractivity (Wildman–Crippen MR) is 132 cm³/mol. The van der Waals surface area contributed by atoms with Gasteiger partial charge in [0.25, 0.3) is 5.91 Å². The van der Waals surface area contributed by atoms with Gasteiger partial charge in [-0.15, -0.1) is 0 Å². The Morgan fingerprint density at radius 3 is 2.50 bits per heavy atom. The van der Waals surface area contributed by atoms with E-state index in [-0.39, 0.29) is 42.3 Å². The van der Waals surface area contributed by atoms with E-state index in [0.717, 1.165) is 18.6 Å². The molecular weight excluding hydrogens is 435 g/mol. The van der Waals surface area contributed by atoms with Gasteiger partial charge in [-0.1, -0.05) is 44.2 Å². The van der Waals surface area contributed by atoms with Gasteiger partial charge in [-0.25, -0.2) is 9.38 Å². The van der Waals surface area contributed by atoms with Gasteiger partial charge in [0.1, 0.15) is 5.82 Å². The monoisotopic (exact) mass is 470 g/mol. The van der Waals surface area contributed by atoms with E-state index in [1.807, 2.05) is 37.3 Å². The number of rotatable bonds is 8. The Morgan fingerprint density at radius 1 is 1.24 bits per heavy atom. The minimum atomic E-state index is -0.546. The van der Waals surface area contributed by atoms with Gasteiger partial charge in [-0.2, -0.15) is 0 Å². The van der Waals surface area contributed by atoms with Crippen molar-refractivity contribution >= 4 is 17.8 Å². The fourth-order valence-electron chi connectivity index (χ4n) is 3.53. The summed E-state index contributed by atoms with van der Waals surface area (Å²) in [6.45, 7) is 7.33. The summed E-state index contributed by atoms with van der Waals surface area (Å²) in [6, 6.07) is 13.4. The fraction of sp³-hybridized carbons (Fsp3) is 0.423. The molecule has 0 saturated carbocycles. The van der Waals surface area contributed by atoms with Crippen LogP contribution >= 0.6 is 0 Å². The van der Waals surface area contributed by atoms with Crippen molar-refractivity contribution in [2.45, 2.75) is 52.7 Å². The Kier molecular flexibility index (Phi) is 10.7. The summed E-state index contributed by atoms with van der Waals surface area (Å²) in [6.07, 6.45) is 1.06. The topological polar surface area (TPSA) is 97.0 Å². The van der Waals surface area contributed by atoms with Crippen LogP contribution in [0.4, 0.5) is 4.39 Å². The maximum absolute atomic E-state index is 14.2. The molecule has 1 unspecified atom stereocenters. The molecule has 8 heteroatoms. The zero-order valence-corrected chi connectivity index (χ0v) is 20.4. The second-order valence-electron chi connectivity index (χ2n) is 8.55. The Hall–Kier alpha value is -3.26. The molecule has 2 aromatic carbocycles. The van der Waals surface area contributed by atoms with Crippen molar-refractivity contribution in [1.29, 1.82) is 0 Å². The third kappa shape index (κ3) is 8.59. The molecule has 0 radical (unpaired) electrons. The molecule has 2 aromatic rings. The van der Waals surface area contributed by atoms with Crippen LogP contribution in [0, 0.1) is 11.7 Å². The number of amides is 2. The van der Waals surface area contributed by atoms with Gasteiger partial charge in [0.2, 0.25) is 5.91 Å². The largest absolute Gasteiger partial charge is 0.385 e. The van der Waals surface area contributed by atoms with Crippen molar-refractivity contribution in [1.82, 2.24) is 10.2 Å². The maximum atomic E-state index is 14.2. The molecule has 0 aliphatic carbocycles. The molecule has 0 spiro atoms. The number of guanidine groups is 1. The second kappa shape index (κ2) is 13.4. The highest BCUT2D eigenvalue weighted by atomic mass is 19.1. The number of nitrogens with two attached hydrogens (primary N) is 1. The van der Waals surface area contributed by atoms with Gasteiger partial charge in [0.15, 0.2) is 5.96 Å². The van der Waals surface area contributed by atoms with Crippen molar-refractivity contribution in [2.75, 3.05) is 13.7 Å². The van der Waals surface area contributed by atoms with Crippen LogP contribution in [0.5, 0.6) is 0 Å². The second-order valence-corrected chi connectivity index (χ2v) is 8.55. The molecule has 184 valence electrons. The average molecular weight is 471 g/mol. The standard InChI is InChI=1S/C23H27FN4O2.C3H8O/c1-15(2)8-20-12-21(29)28(23(25)27-20)14-17-9-18(11-19(24)10-17)22(30)26-13-16-6-4-3-5-7-16;1-3-4-2/h3-7,9-11,15,20H,8,12-14H2,1-2H3,(H2,25,27)(H,26,30);3H2,1-2H3. The molecule has 0 bridgehead atoms. The lowest BCUT2D eigenvalue weighted by Crippen LogP contribution is -2.46. The van der Waals surface area contributed by atoms with Crippen LogP contribution < -0.4 is 11.1 Å². The summed E-state index contributed by atoms with van der Waals surface area (Å²) in [5.74, 6) is -0.534. The van der Waals surface area contributed by atoms with E-state index >= 15 is 0 Å². The van der Waals surface area contributed by atoms with Crippen LogP contribution in [0.2, 0.25) is 0 Å². The van der Waals surface area contributed by atoms with Crippen LogP contribution in [-0.2, 0) is 22.6 Å². The van der Waals surface area contributed by atoms with Gasteiger partial charge < -0.3 is 15.8 Å². The molecule has 1 heterocycles. The number of nitrogens with one attached hydrogen (secondary N) is 1. The Bertz CT molecular complexity index is 977. The number of methoxy groups -OCH3 is 1. The first-order chi connectivity index (χ1) is 16.2. The van der Waals surface area contributed by atoms with Crippen molar-refractivity contribution < 1.29 is 18.7 Å². The molecule has 1 aliphatic rings. The minimum absolute atomic E-state index is 0.0687. The highest BCUT2D eigenvalue weighted by Gasteiger charge is 2.28. The van der Waals surface area contributed by atoms with Gasteiger partial charge >= 0.3 is 0 Å². The van der Waals surface area contributed by atoms with Crippen LogP contribution in [0.25, 0.3) is 0 Å². The first-order valence-electron chi connectivity index (χ1n) is 11.5. The molecule has 3 rings (SSSR count). The Balaban J connectivity index is 0.000000945. The minimum Gasteiger partial charge on any atom is -0.385 e. The van der Waals surface area contributed by atoms with E-state index in [2.05, 4.69) is 28.9 Å². The highest BCUT2D eigenvalue weighted by Crippen LogP contribution is 2.20. The van der Waals surface area contributed by atoms with Gasteiger partial charge in [-0.05, 0) is 48.6 Å². The molecule has 1 aliphatic heterocycles. The van der Waals surface area contributed by atoms with E-state index in [0.29, 0.717) is 18.0 Å². The molecule has 1 atom stereocenters. The molecule has 0 fully saturated rings. The van der Waals surface area contributed by atoms with E-state index in [1.54, 1.807) is 13.2 Å². The first kappa shape index (κ1) is 27.0.